The van der Waals surface area contributed by atoms with Crippen LogP contribution in [0.4, 0.5) is 0 Å². The highest BCUT2D eigenvalue weighted by molar-refractivity contribution is 6.17. The highest BCUT2D eigenvalue weighted by Gasteiger charge is 2.38. The summed E-state index contributed by atoms with van der Waals surface area (Å²) >= 11 is 0. The molecule has 0 saturated carbocycles. The zero-order chi connectivity index (χ0) is 11.1. The summed E-state index contributed by atoms with van der Waals surface area (Å²) < 4.78 is 0. The SMILES string of the molecule is O=C1c2ccccc2C(=O)[C@@H]2C=CC=C[C@@H]12. The first-order chi connectivity index (χ1) is 7.79. The van der Waals surface area contributed by atoms with Crippen LogP contribution in [0.25, 0.3) is 0 Å². The van der Waals surface area contributed by atoms with E-state index in [1.165, 1.54) is 0 Å². The van der Waals surface area contributed by atoms with Gasteiger partial charge in [0.05, 0.1) is 11.8 Å². The lowest BCUT2D eigenvalue weighted by molar-refractivity contribution is 0.0801. The predicted octanol–water partition coefficient (Wildman–Crippen LogP) is 2.42. The summed E-state index contributed by atoms with van der Waals surface area (Å²) in [6.45, 7) is 0. The average Bonchev–Trinajstić information content (AvgIpc) is 2.36. The molecule has 0 spiro atoms. The molecule has 0 amide bonds. The minimum atomic E-state index is -0.299. The second-order valence-corrected chi connectivity index (χ2v) is 4.10. The van der Waals surface area contributed by atoms with E-state index in [1.807, 2.05) is 24.3 Å². The Kier molecular flexibility index (Phi) is 1.90. The third-order valence-electron chi connectivity index (χ3n) is 3.20. The molecule has 1 aromatic carbocycles. The van der Waals surface area contributed by atoms with E-state index in [4.69, 9.17) is 0 Å². The van der Waals surface area contributed by atoms with Crippen molar-refractivity contribution < 1.29 is 9.59 Å². The Morgan fingerprint density at radius 1 is 0.750 bits per heavy atom. The molecule has 0 fully saturated rings. The Morgan fingerprint density at radius 2 is 1.19 bits per heavy atom. The molecule has 0 aliphatic heterocycles. The van der Waals surface area contributed by atoms with Gasteiger partial charge in [0.15, 0.2) is 11.6 Å². The van der Waals surface area contributed by atoms with Crippen molar-refractivity contribution in [2.75, 3.05) is 0 Å². The molecule has 0 N–H and O–H groups in total. The van der Waals surface area contributed by atoms with Crippen LogP contribution in [-0.4, -0.2) is 11.6 Å². The summed E-state index contributed by atoms with van der Waals surface area (Å²) in [6, 6.07) is 7.06. The highest BCUT2D eigenvalue weighted by atomic mass is 16.1. The van der Waals surface area contributed by atoms with E-state index in [0.717, 1.165) is 0 Å². The average molecular weight is 210 g/mol. The third-order valence-corrected chi connectivity index (χ3v) is 3.20. The fraction of sp³-hybridized carbons (Fsp3) is 0.143. The largest absolute Gasteiger partial charge is 0.293 e. The number of hydrogen-bond donors (Lipinski definition) is 0. The fourth-order valence-corrected chi connectivity index (χ4v) is 2.38. The van der Waals surface area contributed by atoms with Gasteiger partial charge in [0.1, 0.15) is 0 Å². The lowest BCUT2D eigenvalue weighted by Crippen LogP contribution is -2.35. The van der Waals surface area contributed by atoms with Crippen LogP contribution < -0.4 is 0 Å². The van der Waals surface area contributed by atoms with E-state index in [0.29, 0.717) is 11.1 Å². The lowest BCUT2D eigenvalue weighted by atomic mass is 9.72. The Labute approximate surface area is 93.3 Å². The molecule has 2 aliphatic rings. The van der Waals surface area contributed by atoms with Gasteiger partial charge in [-0.05, 0) is 0 Å². The van der Waals surface area contributed by atoms with Crippen LogP contribution in [0, 0.1) is 11.8 Å². The first-order valence-corrected chi connectivity index (χ1v) is 5.31. The van der Waals surface area contributed by atoms with Crippen molar-refractivity contribution in [2.45, 2.75) is 0 Å². The normalized spacial score (nSPS) is 26.5. The van der Waals surface area contributed by atoms with Crippen LogP contribution >= 0.6 is 0 Å². The summed E-state index contributed by atoms with van der Waals surface area (Å²) in [5.41, 5.74) is 1.13. The van der Waals surface area contributed by atoms with Crippen molar-refractivity contribution in [1.29, 1.82) is 0 Å². The number of carbonyl (C=O) groups is 2. The quantitative estimate of drug-likeness (QED) is 0.659. The first-order valence-electron chi connectivity index (χ1n) is 5.31. The van der Waals surface area contributed by atoms with Crippen LogP contribution in [0.2, 0.25) is 0 Å². The molecule has 0 saturated heterocycles. The maximum atomic E-state index is 12.2. The van der Waals surface area contributed by atoms with Gasteiger partial charge in [0.25, 0.3) is 0 Å². The lowest BCUT2D eigenvalue weighted by Gasteiger charge is -2.28. The number of ketones is 2. The molecule has 2 nitrogen and oxygen atoms in total. The topological polar surface area (TPSA) is 34.1 Å². The molecule has 78 valence electrons. The molecule has 0 aromatic heterocycles. The molecule has 3 rings (SSSR count). The van der Waals surface area contributed by atoms with Gasteiger partial charge in [0, 0.05) is 11.1 Å². The van der Waals surface area contributed by atoms with Crippen molar-refractivity contribution in [3.05, 3.63) is 59.7 Å². The Bertz CT molecular complexity index is 488. The zero-order valence-electron chi connectivity index (χ0n) is 8.59. The Morgan fingerprint density at radius 3 is 1.62 bits per heavy atom. The van der Waals surface area contributed by atoms with E-state index in [2.05, 4.69) is 0 Å². The summed E-state index contributed by atoms with van der Waals surface area (Å²) in [6.07, 6.45) is 7.31. The molecule has 0 bridgehead atoms. The van der Waals surface area contributed by atoms with Gasteiger partial charge >= 0.3 is 0 Å². The number of benzene rings is 1. The van der Waals surface area contributed by atoms with Gasteiger partial charge < -0.3 is 0 Å². The standard InChI is InChI=1S/C14H10O2/c15-13-9-5-1-2-6-10(9)14(16)12-8-4-3-7-11(12)13/h1-10H/t9-,10-/m1/s1. The van der Waals surface area contributed by atoms with Crippen molar-refractivity contribution in [1.82, 2.24) is 0 Å². The Hall–Kier alpha value is -1.96. The smallest absolute Gasteiger partial charge is 0.171 e. The molecule has 0 unspecified atom stereocenters. The van der Waals surface area contributed by atoms with Gasteiger partial charge in [-0.3, -0.25) is 9.59 Å². The summed E-state index contributed by atoms with van der Waals surface area (Å²) in [5.74, 6) is -0.485. The van der Waals surface area contributed by atoms with Crippen LogP contribution in [0.15, 0.2) is 48.6 Å². The van der Waals surface area contributed by atoms with Gasteiger partial charge in [-0.1, -0.05) is 48.6 Å². The Balaban J connectivity index is 2.21. The molecule has 2 aliphatic carbocycles. The van der Waals surface area contributed by atoms with Crippen molar-refractivity contribution in [2.24, 2.45) is 11.8 Å². The van der Waals surface area contributed by atoms with Crippen LogP contribution in [0.5, 0.6) is 0 Å². The fourth-order valence-electron chi connectivity index (χ4n) is 2.38. The summed E-state index contributed by atoms with van der Waals surface area (Å²) in [5, 5.41) is 0. The van der Waals surface area contributed by atoms with Crippen LogP contribution in [-0.2, 0) is 0 Å². The van der Waals surface area contributed by atoms with E-state index in [9.17, 15) is 9.59 Å². The van der Waals surface area contributed by atoms with Gasteiger partial charge in [-0.25, -0.2) is 0 Å². The van der Waals surface area contributed by atoms with E-state index < -0.39 is 0 Å². The number of Topliss-reactive ketones (excluding diaryl/α,β-unsaturated/α-hetero) is 2. The monoisotopic (exact) mass is 210 g/mol. The number of hydrogen-bond acceptors (Lipinski definition) is 2. The van der Waals surface area contributed by atoms with Crippen molar-refractivity contribution in [3.63, 3.8) is 0 Å². The van der Waals surface area contributed by atoms with Crippen molar-refractivity contribution >= 4 is 11.6 Å². The molecule has 2 heteroatoms. The highest BCUT2D eigenvalue weighted by Crippen LogP contribution is 2.33. The summed E-state index contributed by atoms with van der Waals surface area (Å²) in [7, 11) is 0. The second kappa shape index (κ2) is 3.27. The number of allylic oxidation sites excluding steroid dienone is 4. The van der Waals surface area contributed by atoms with Crippen molar-refractivity contribution in [3.8, 4) is 0 Å². The second-order valence-electron chi connectivity index (χ2n) is 4.10. The number of fused-ring (bicyclic) bond motifs is 2. The zero-order valence-corrected chi connectivity index (χ0v) is 8.59. The predicted molar refractivity (Wildman–Crippen MR) is 60.4 cm³/mol. The van der Waals surface area contributed by atoms with E-state index in [-0.39, 0.29) is 23.4 Å². The molecular weight excluding hydrogens is 200 g/mol. The number of carbonyl (C=O) groups excluding carboxylic acids is 2. The minimum absolute atomic E-state index is 0.0563. The molecule has 0 heterocycles. The molecular formula is C14H10O2. The van der Waals surface area contributed by atoms with E-state index in [1.54, 1.807) is 24.3 Å². The van der Waals surface area contributed by atoms with Crippen LogP contribution in [0.3, 0.4) is 0 Å². The van der Waals surface area contributed by atoms with Gasteiger partial charge in [-0.2, -0.15) is 0 Å². The molecule has 16 heavy (non-hydrogen) atoms. The number of rotatable bonds is 0. The first kappa shape index (κ1) is 9.28. The summed E-state index contributed by atoms with van der Waals surface area (Å²) in [4.78, 5) is 24.3. The van der Waals surface area contributed by atoms with E-state index >= 15 is 0 Å². The van der Waals surface area contributed by atoms with Gasteiger partial charge in [-0.15, -0.1) is 0 Å². The molecule has 2 atom stereocenters. The maximum Gasteiger partial charge on any atom is 0.171 e. The van der Waals surface area contributed by atoms with Crippen LogP contribution in [0.1, 0.15) is 20.7 Å². The molecule has 1 aromatic rings. The minimum Gasteiger partial charge on any atom is -0.293 e. The molecule has 0 radical (unpaired) electrons. The van der Waals surface area contributed by atoms with Gasteiger partial charge in [0.2, 0.25) is 0 Å². The maximum absolute atomic E-state index is 12.2. The third kappa shape index (κ3) is 1.13.